The predicted octanol–water partition coefficient (Wildman–Crippen LogP) is 2.28. The van der Waals surface area contributed by atoms with Gasteiger partial charge in [-0.3, -0.25) is 0 Å². The zero-order valence-corrected chi connectivity index (χ0v) is 12.8. The van der Waals surface area contributed by atoms with Gasteiger partial charge in [0.05, 0.1) is 13.2 Å². The predicted molar refractivity (Wildman–Crippen MR) is 79.9 cm³/mol. The molecule has 2 heterocycles. The first-order chi connectivity index (χ1) is 10.2. The standard InChI is InChI=1S/C16H26N2O3/c1-16(20-11-12-21-16)13-7-9-18(10-8-13)15(19)17-14-5-3-2-4-6-14/h3,5,13-14H,2,4,6-12H2,1H3,(H,17,19)/t14-/m1/s1. The molecule has 5 nitrogen and oxygen atoms in total. The van der Waals surface area contributed by atoms with Gasteiger partial charge < -0.3 is 19.7 Å². The van der Waals surface area contributed by atoms with Crippen molar-refractivity contribution in [2.24, 2.45) is 5.92 Å². The topological polar surface area (TPSA) is 50.8 Å². The Hall–Kier alpha value is -1.07. The average Bonchev–Trinajstić information content (AvgIpc) is 2.96. The van der Waals surface area contributed by atoms with E-state index in [1.165, 1.54) is 0 Å². The smallest absolute Gasteiger partial charge is 0.317 e. The number of amides is 2. The van der Waals surface area contributed by atoms with Gasteiger partial charge in [0.2, 0.25) is 0 Å². The molecule has 2 aliphatic heterocycles. The Morgan fingerprint density at radius 3 is 2.57 bits per heavy atom. The van der Waals surface area contributed by atoms with Crippen molar-refractivity contribution in [1.82, 2.24) is 10.2 Å². The van der Waals surface area contributed by atoms with Gasteiger partial charge in [0.1, 0.15) is 0 Å². The molecule has 5 heteroatoms. The van der Waals surface area contributed by atoms with Crippen LogP contribution in [0.1, 0.15) is 39.0 Å². The van der Waals surface area contributed by atoms with E-state index in [1.54, 1.807) is 0 Å². The van der Waals surface area contributed by atoms with Crippen LogP contribution < -0.4 is 5.32 Å². The molecule has 2 saturated heterocycles. The Morgan fingerprint density at radius 2 is 1.95 bits per heavy atom. The molecular weight excluding hydrogens is 268 g/mol. The molecule has 2 fully saturated rings. The zero-order chi connectivity index (χ0) is 14.7. The Kier molecular flexibility index (Phi) is 4.50. The van der Waals surface area contributed by atoms with Crippen molar-refractivity contribution in [2.45, 2.75) is 50.9 Å². The Bertz CT molecular complexity index is 396. The van der Waals surface area contributed by atoms with E-state index in [2.05, 4.69) is 17.5 Å². The number of allylic oxidation sites excluding steroid dienone is 1. The van der Waals surface area contributed by atoms with Crippen molar-refractivity contribution >= 4 is 6.03 Å². The number of hydrogen-bond acceptors (Lipinski definition) is 3. The minimum atomic E-state index is -0.436. The van der Waals surface area contributed by atoms with Gasteiger partial charge in [0, 0.05) is 25.0 Å². The van der Waals surface area contributed by atoms with E-state index in [0.29, 0.717) is 19.1 Å². The van der Waals surface area contributed by atoms with Gasteiger partial charge >= 0.3 is 6.03 Å². The fourth-order valence-corrected chi connectivity index (χ4v) is 3.56. The molecule has 3 rings (SSSR count). The first kappa shape index (κ1) is 14.9. The van der Waals surface area contributed by atoms with Crippen molar-refractivity contribution in [3.05, 3.63) is 12.2 Å². The number of rotatable bonds is 2. The van der Waals surface area contributed by atoms with E-state index in [-0.39, 0.29) is 12.1 Å². The van der Waals surface area contributed by atoms with Gasteiger partial charge in [-0.15, -0.1) is 0 Å². The Morgan fingerprint density at radius 1 is 1.24 bits per heavy atom. The molecule has 1 aliphatic carbocycles. The van der Waals surface area contributed by atoms with Gasteiger partial charge in [-0.25, -0.2) is 4.79 Å². The van der Waals surface area contributed by atoms with Crippen LogP contribution in [0, 0.1) is 5.92 Å². The van der Waals surface area contributed by atoms with Crippen molar-refractivity contribution in [3.8, 4) is 0 Å². The number of carbonyl (C=O) groups excluding carboxylic acids is 1. The molecule has 0 aromatic carbocycles. The first-order valence-electron chi connectivity index (χ1n) is 8.17. The van der Waals surface area contributed by atoms with Crippen LogP contribution in [0.25, 0.3) is 0 Å². The first-order valence-corrected chi connectivity index (χ1v) is 8.17. The third-order valence-corrected chi connectivity index (χ3v) is 4.95. The highest BCUT2D eigenvalue weighted by molar-refractivity contribution is 5.74. The van der Waals surface area contributed by atoms with Gasteiger partial charge in [0.15, 0.2) is 5.79 Å². The summed E-state index contributed by atoms with van der Waals surface area (Å²) in [5, 5.41) is 3.12. The number of ether oxygens (including phenoxy) is 2. The summed E-state index contributed by atoms with van der Waals surface area (Å²) < 4.78 is 11.5. The van der Waals surface area contributed by atoms with Gasteiger partial charge in [-0.05, 0) is 39.0 Å². The third-order valence-electron chi connectivity index (χ3n) is 4.95. The molecule has 0 saturated carbocycles. The van der Waals surface area contributed by atoms with Crippen LogP contribution in [0.3, 0.4) is 0 Å². The summed E-state index contributed by atoms with van der Waals surface area (Å²) >= 11 is 0. The van der Waals surface area contributed by atoms with E-state index < -0.39 is 5.79 Å². The van der Waals surface area contributed by atoms with Crippen LogP contribution in [0.5, 0.6) is 0 Å². The van der Waals surface area contributed by atoms with E-state index in [1.807, 2.05) is 11.8 Å². The molecule has 3 aliphatic rings. The second-order valence-electron chi connectivity index (χ2n) is 6.39. The lowest BCUT2D eigenvalue weighted by Gasteiger charge is -2.39. The van der Waals surface area contributed by atoms with Crippen LogP contribution in [-0.4, -0.2) is 49.1 Å². The maximum Gasteiger partial charge on any atom is 0.317 e. The second-order valence-corrected chi connectivity index (χ2v) is 6.39. The molecule has 118 valence electrons. The lowest BCUT2D eigenvalue weighted by Crippen LogP contribution is -2.50. The molecule has 21 heavy (non-hydrogen) atoms. The zero-order valence-electron chi connectivity index (χ0n) is 12.8. The number of urea groups is 1. The van der Waals surface area contributed by atoms with Crippen LogP contribution in [0.15, 0.2) is 12.2 Å². The van der Waals surface area contributed by atoms with Crippen molar-refractivity contribution in [1.29, 1.82) is 0 Å². The number of likely N-dealkylation sites (tertiary alicyclic amines) is 1. The highest BCUT2D eigenvalue weighted by atomic mass is 16.7. The van der Waals surface area contributed by atoms with Crippen LogP contribution >= 0.6 is 0 Å². The third kappa shape index (κ3) is 3.40. The number of piperidine rings is 1. The molecule has 0 spiro atoms. The molecule has 0 unspecified atom stereocenters. The molecule has 1 N–H and O–H groups in total. The van der Waals surface area contributed by atoms with E-state index in [4.69, 9.17) is 9.47 Å². The monoisotopic (exact) mass is 294 g/mol. The lowest BCUT2D eigenvalue weighted by molar-refractivity contribution is -0.189. The van der Waals surface area contributed by atoms with Crippen LogP contribution in [-0.2, 0) is 9.47 Å². The lowest BCUT2D eigenvalue weighted by atomic mass is 9.89. The molecule has 0 aromatic rings. The quantitative estimate of drug-likeness (QED) is 0.795. The Labute approximate surface area is 126 Å². The fourth-order valence-electron chi connectivity index (χ4n) is 3.56. The molecular formula is C16H26N2O3. The minimum absolute atomic E-state index is 0.0726. The SMILES string of the molecule is CC1(C2CCN(C(=O)N[C@@H]3C=CCCC3)CC2)OCCO1. The summed E-state index contributed by atoms with van der Waals surface area (Å²) in [5.41, 5.74) is 0. The van der Waals surface area contributed by atoms with Crippen molar-refractivity contribution in [2.75, 3.05) is 26.3 Å². The number of hydrogen-bond donors (Lipinski definition) is 1. The number of nitrogens with one attached hydrogen (secondary N) is 1. The maximum atomic E-state index is 12.3. The van der Waals surface area contributed by atoms with Crippen molar-refractivity contribution < 1.29 is 14.3 Å². The fraction of sp³-hybridized carbons (Fsp3) is 0.812. The second kappa shape index (κ2) is 6.36. The van der Waals surface area contributed by atoms with Gasteiger partial charge in [-0.1, -0.05) is 12.2 Å². The molecule has 1 atom stereocenters. The molecule has 0 bridgehead atoms. The maximum absolute atomic E-state index is 12.3. The Balaban J connectivity index is 1.47. The molecule has 0 radical (unpaired) electrons. The van der Waals surface area contributed by atoms with Crippen LogP contribution in [0.2, 0.25) is 0 Å². The highest BCUT2D eigenvalue weighted by Crippen LogP contribution is 2.34. The summed E-state index contributed by atoms with van der Waals surface area (Å²) in [7, 11) is 0. The van der Waals surface area contributed by atoms with Gasteiger partial charge in [-0.2, -0.15) is 0 Å². The molecule has 2 amide bonds. The summed E-state index contributed by atoms with van der Waals surface area (Å²) in [4.78, 5) is 14.2. The highest BCUT2D eigenvalue weighted by Gasteiger charge is 2.41. The summed E-state index contributed by atoms with van der Waals surface area (Å²) in [6.45, 7) is 4.98. The summed E-state index contributed by atoms with van der Waals surface area (Å²) in [6, 6.07) is 0.284. The number of nitrogens with zero attached hydrogens (tertiary/aromatic N) is 1. The van der Waals surface area contributed by atoms with Crippen LogP contribution in [0.4, 0.5) is 4.79 Å². The summed E-state index contributed by atoms with van der Waals surface area (Å²) in [5.74, 6) is -0.0482. The number of carbonyl (C=O) groups is 1. The van der Waals surface area contributed by atoms with E-state index in [9.17, 15) is 4.79 Å². The normalized spacial score (nSPS) is 29.6. The average molecular weight is 294 g/mol. The van der Waals surface area contributed by atoms with Gasteiger partial charge in [0.25, 0.3) is 0 Å². The largest absolute Gasteiger partial charge is 0.348 e. The van der Waals surface area contributed by atoms with E-state index in [0.717, 1.165) is 45.2 Å². The minimum Gasteiger partial charge on any atom is -0.348 e. The van der Waals surface area contributed by atoms with Crippen molar-refractivity contribution in [3.63, 3.8) is 0 Å². The van der Waals surface area contributed by atoms with E-state index >= 15 is 0 Å². The summed E-state index contributed by atoms with van der Waals surface area (Å²) in [6.07, 6.45) is 9.53. The molecule has 0 aromatic heterocycles.